The van der Waals surface area contributed by atoms with E-state index in [0.29, 0.717) is 11.1 Å². The molecule has 0 saturated heterocycles. The quantitative estimate of drug-likeness (QED) is 0.826. The molecule has 0 saturated carbocycles. The molecule has 0 atom stereocenters. The fourth-order valence-electron chi connectivity index (χ4n) is 1.80. The molecule has 1 aromatic heterocycles. The van der Waals surface area contributed by atoms with Gasteiger partial charge in [-0.2, -0.15) is 10.4 Å². The fraction of sp³-hybridized carbons (Fsp3) is 0.286. The van der Waals surface area contributed by atoms with Crippen LogP contribution in [0.15, 0.2) is 30.6 Å². The number of unbranched alkanes of at least 4 members (excludes halogenated alkanes) is 1. The highest BCUT2D eigenvalue weighted by molar-refractivity contribution is 5.69. The molecule has 4 heteroatoms. The Bertz CT molecular complexity index is 581. The van der Waals surface area contributed by atoms with Gasteiger partial charge < -0.3 is 0 Å². The van der Waals surface area contributed by atoms with E-state index in [4.69, 9.17) is 5.26 Å². The van der Waals surface area contributed by atoms with Crippen molar-refractivity contribution in [3.05, 3.63) is 42.0 Å². The Morgan fingerprint density at radius 3 is 3.00 bits per heavy atom. The predicted octanol–water partition coefficient (Wildman–Crippen LogP) is 3.36. The molecule has 2 aromatic rings. The van der Waals surface area contributed by atoms with Crippen LogP contribution in [0, 0.1) is 17.1 Å². The summed E-state index contributed by atoms with van der Waals surface area (Å²) < 4.78 is 15.1. The van der Waals surface area contributed by atoms with Gasteiger partial charge in [0.05, 0.1) is 17.8 Å². The van der Waals surface area contributed by atoms with Crippen LogP contribution in [0.2, 0.25) is 0 Å². The summed E-state index contributed by atoms with van der Waals surface area (Å²) in [7, 11) is 0. The molecule has 0 aliphatic heterocycles. The summed E-state index contributed by atoms with van der Waals surface area (Å²) in [5, 5.41) is 13.2. The summed E-state index contributed by atoms with van der Waals surface area (Å²) in [5.41, 5.74) is 1.84. The summed E-state index contributed by atoms with van der Waals surface area (Å²) in [6, 6.07) is 6.23. The first-order valence-corrected chi connectivity index (χ1v) is 5.97. The van der Waals surface area contributed by atoms with Gasteiger partial charge in [-0.25, -0.2) is 4.39 Å². The van der Waals surface area contributed by atoms with Gasteiger partial charge >= 0.3 is 0 Å². The van der Waals surface area contributed by atoms with E-state index in [2.05, 4.69) is 18.1 Å². The number of aromatic nitrogens is 2. The second-order valence-corrected chi connectivity index (χ2v) is 4.15. The molecule has 0 bridgehead atoms. The minimum atomic E-state index is -0.342. The van der Waals surface area contributed by atoms with E-state index in [1.807, 2.05) is 10.9 Å². The molecular formula is C14H14FN3. The maximum atomic E-state index is 13.2. The van der Waals surface area contributed by atoms with Gasteiger partial charge in [0.25, 0.3) is 0 Å². The highest BCUT2D eigenvalue weighted by Crippen LogP contribution is 2.23. The van der Waals surface area contributed by atoms with E-state index in [1.165, 1.54) is 18.2 Å². The lowest BCUT2D eigenvalue weighted by atomic mass is 10.0. The Morgan fingerprint density at radius 2 is 2.28 bits per heavy atom. The Morgan fingerprint density at radius 1 is 1.44 bits per heavy atom. The number of nitrogens with zero attached hydrogens (tertiary/aromatic N) is 3. The third-order valence-electron chi connectivity index (χ3n) is 2.79. The van der Waals surface area contributed by atoms with E-state index in [-0.39, 0.29) is 5.82 Å². The van der Waals surface area contributed by atoms with Gasteiger partial charge in [0, 0.05) is 23.9 Å². The molecule has 0 aliphatic rings. The van der Waals surface area contributed by atoms with Crippen molar-refractivity contribution in [2.75, 3.05) is 0 Å². The zero-order valence-corrected chi connectivity index (χ0v) is 10.2. The summed E-state index contributed by atoms with van der Waals surface area (Å²) in [6.07, 6.45) is 5.67. The molecule has 2 rings (SSSR count). The lowest BCUT2D eigenvalue weighted by Crippen LogP contribution is -1.96. The van der Waals surface area contributed by atoms with Crippen LogP contribution in [0.5, 0.6) is 0 Å². The van der Waals surface area contributed by atoms with E-state index >= 15 is 0 Å². The molecule has 0 fully saturated rings. The van der Waals surface area contributed by atoms with Gasteiger partial charge in [-0.15, -0.1) is 0 Å². The van der Waals surface area contributed by atoms with Crippen LogP contribution in [0.4, 0.5) is 4.39 Å². The molecular weight excluding hydrogens is 229 g/mol. The standard InChI is InChI=1S/C14H14FN3/c1-2-3-6-18-10-12(9-17-18)14-7-13(15)5-4-11(14)8-16/h4-5,7,9-10H,2-3,6H2,1H3. The van der Waals surface area contributed by atoms with Crippen molar-refractivity contribution in [1.29, 1.82) is 5.26 Å². The maximum Gasteiger partial charge on any atom is 0.123 e. The van der Waals surface area contributed by atoms with Crippen molar-refractivity contribution in [1.82, 2.24) is 9.78 Å². The fourth-order valence-corrected chi connectivity index (χ4v) is 1.80. The molecule has 0 amide bonds. The van der Waals surface area contributed by atoms with Crippen LogP contribution >= 0.6 is 0 Å². The summed E-state index contributed by atoms with van der Waals surface area (Å²) in [6.45, 7) is 2.96. The number of hydrogen-bond acceptors (Lipinski definition) is 2. The van der Waals surface area contributed by atoms with Gasteiger partial charge in [0.2, 0.25) is 0 Å². The minimum absolute atomic E-state index is 0.342. The van der Waals surface area contributed by atoms with E-state index < -0.39 is 0 Å². The molecule has 0 spiro atoms. The molecule has 3 nitrogen and oxygen atoms in total. The summed E-state index contributed by atoms with van der Waals surface area (Å²) in [5.74, 6) is -0.342. The third-order valence-corrected chi connectivity index (χ3v) is 2.79. The smallest absolute Gasteiger partial charge is 0.123 e. The number of halogens is 1. The lowest BCUT2D eigenvalue weighted by Gasteiger charge is -2.01. The van der Waals surface area contributed by atoms with Crippen molar-refractivity contribution < 1.29 is 4.39 Å². The first-order valence-electron chi connectivity index (χ1n) is 5.97. The molecule has 1 heterocycles. The average molecular weight is 243 g/mol. The largest absolute Gasteiger partial charge is 0.272 e. The van der Waals surface area contributed by atoms with Crippen LogP contribution in [0.1, 0.15) is 25.3 Å². The maximum absolute atomic E-state index is 13.2. The second kappa shape index (κ2) is 5.46. The van der Waals surface area contributed by atoms with Crippen LogP contribution in [0.3, 0.4) is 0 Å². The van der Waals surface area contributed by atoms with Gasteiger partial charge in [-0.05, 0) is 24.6 Å². The Labute approximate surface area is 105 Å². The van der Waals surface area contributed by atoms with Gasteiger partial charge in [-0.3, -0.25) is 4.68 Å². The third kappa shape index (κ3) is 2.57. The highest BCUT2D eigenvalue weighted by atomic mass is 19.1. The molecule has 0 aliphatic carbocycles. The van der Waals surface area contributed by atoms with Crippen molar-refractivity contribution >= 4 is 0 Å². The normalized spacial score (nSPS) is 10.3. The molecule has 18 heavy (non-hydrogen) atoms. The zero-order chi connectivity index (χ0) is 13.0. The number of aryl methyl sites for hydroxylation is 1. The Hall–Kier alpha value is -2.15. The number of benzene rings is 1. The van der Waals surface area contributed by atoms with Crippen LogP contribution in [0.25, 0.3) is 11.1 Å². The topological polar surface area (TPSA) is 41.6 Å². The second-order valence-electron chi connectivity index (χ2n) is 4.15. The number of hydrogen-bond donors (Lipinski definition) is 0. The Kier molecular flexibility index (Phi) is 3.73. The highest BCUT2D eigenvalue weighted by Gasteiger charge is 2.08. The molecule has 0 N–H and O–H groups in total. The Balaban J connectivity index is 2.34. The SMILES string of the molecule is CCCCn1cc(-c2cc(F)ccc2C#N)cn1. The van der Waals surface area contributed by atoms with Crippen LogP contribution in [-0.4, -0.2) is 9.78 Å². The van der Waals surface area contributed by atoms with Crippen molar-refractivity contribution in [2.45, 2.75) is 26.3 Å². The number of rotatable bonds is 4. The molecule has 92 valence electrons. The van der Waals surface area contributed by atoms with Crippen LogP contribution in [-0.2, 0) is 6.54 Å². The molecule has 1 aromatic carbocycles. The van der Waals surface area contributed by atoms with E-state index in [1.54, 1.807) is 6.20 Å². The zero-order valence-electron chi connectivity index (χ0n) is 10.2. The van der Waals surface area contributed by atoms with Crippen molar-refractivity contribution in [3.63, 3.8) is 0 Å². The van der Waals surface area contributed by atoms with Crippen molar-refractivity contribution in [3.8, 4) is 17.2 Å². The molecule has 0 radical (unpaired) electrons. The van der Waals surface area contributed by atoms with Gasteiger partial charge in [0.1, 0.15) is 5.82 Å². The van der Waals surface area contributed by atoms with Crippen molar-refractivity contribution in [2.24, 2.45) is 0 Å². The minimum Gasteiger partial charge on any atom is -0.272 e. The monoisotopic (exact) mass is 243 g/mol. The molecule has 0 unspecified atom stereocenters. The first-order chi connectivity index (χ1) is 8.74. The van der Waals surface area contributed by atoms with Gasteiger partial charge in [-0.1, -0.05) is 13.3 Å². The van der Waals surface area contributed by atoms with Gasteiger partial charge in [0.15, 0.2) is 0 Å². The summed E-state index contributed by atoms with van der Waals surface area (Å²) in [4.78, 5) is 0. The first kappa shape index (κ1) is 12.3. The van der Waals surface area contributed by atoms with Crippen LogP contribution < -0.4 is 0 Å². The summed E-state index contributed by atoms with van der Waals surface area (Å²) >= 11 is 0. The lowest BCUT2D eigenvalue weighted by molar-refractivity contribution is 0.572. The van der Waals surface area contributed by atoms with E-state index in [9.17, 15) is 4.39 Å². The number of nitriles is 1. The van der Waals surface area contributed by atoms with E-state index in [0.717, 1.165) is 24.9 Å². The average Bonchev–Trinajstić information content (AvgIpc) is 2.85. The predicted molar refractivity (Wildman–Crippen MR) is 67.2 cm³/mol.